The Kier molecular flexibility index (Phi) is 2.35. The normalized spacial score (nSPS) is 46.4. The Hall–Kier alpha value is -1.72. The summed E-state index contributed by atoms with van der Waals surface area (Å²) in [6.45, 7) is 0. The number of carbonyl (C=O) groups is 4. The van der Waals surface area contributed by atoms with Gasteiger partial charge in [-0.1, -0.05) is 0 Å². The molecule has 0 aromatic carbocycles. The van der Waals surface area contributed by atoms with E-state index in [1.165, 1.54) is 0 Å². The van der Waals surface area contributed by atoms with Gasteiger partial charge in [0.15, 0.2) is 0 Å². The van der Waals surface area contributed by atoms with Crippen molar-refractivity contribution in [3.8, 4) is 0 Å². The molecule has 2 saturated heterocycles. The molecule has 4 aliphatic rings. The van der Waals surface area contributed by atoms with Crippen LogP contribution in [-0.2, 0) is 28.7 Å². The lowest BCUT2D eigenvalue weighted by molar-refractivity contribution is -0.204. The van der Waals surface area contributed by atoms with Crippen LogP contribution in [0.2, 0.25) is 0 Å². The Morgan fingerprint density at radius 1 is 0.550 bits per heavy atom. The zero-order chi connectivity index (χ0) is 14.0. The van der Waals surface area contributed by atoms with Crippen LogP contribution in [-0.4, -0.2) is 23.9 Å². The molecule has 0 aromatic heterocycles. The summed E-state index contributed by atoms with van der Waals surface area (Å²) in [6.07, 6.45) is 2.13. The van der Waals surface area contributed by atoms with Gasteiger partial charge in [0.1, 0.15) is 0 Å². The van der Waals surface area contributed by atoms with E-state index in [1.54, 1.807) is 0 Å². The number of hydrogen-bond donors (Lipinski definition) is 0. The van der Waals surface area contributed by atoms with Gasteiger partial charge in [0, 0.05) is 0 Å². The minimum Gasteiger partial charge on any atom is -0.393 e. The van der Waals surface area contributed by atoms with Crippen LogP contribution in [0, 0.1) is 35.5 Å². The fourth-order valence-corrected chi connectivity index (χ4v) is 4.72. The molecular weight excluding hydrogens is 264 g/mol. The van der Waals surface area contributed by atoms with Crippen LogP contribution in [0.15, 0.2) is 0 Å². The van der Waals surface area contributed by atoms with Gasteiger partial charge >= 0.3 is 23.9 Å². The number of esters is 4. The molecule has 0 radical (unpaired) electrons. The summed E-state index contributed by atoms with van der Waals surface area (Å²) in [5.74, 6) is -3.77. The van der Waals surface area contributed by atoms with Crippen LogP contribution >= 0.6 is 0 Å². The first-order valence-electron chi connectivity index (χ1n) is 7.09. The summed E-state index contributed by atoms with van der Waals surface area (Å²) in [7, 11) is 0. The Balaban J connectivity index is 1.79. The van der Waals surface area contributed by atoms with Crippen molar-refractivity contribution in [3.63, 3.8) is 0 Å². The number of carbonyl (C=O) groups excluding carboxylic acids is 4. The predicted molar refractivity (Wildman–Crippen MR) is 61.6 cm³/mol. The molecule has 0 aromatic rings. The lowest BCUT2D eigenvalue weighted by Crippen LogP contribution is -2.59. The molecule has 0 spiro atoms. The molecule has 0 amide bonds. The maximum atomic E-state index is 11.9. The van der Waals surface area contributed by atoms with Crippen LogP contribution in [0.4, 0.5) is 0 Å². The van der Waals surface area contributed by atoms with Crippen molar-refractivity contribution >= 4 is 23.9 Å². The van der Waals surface area contributed by atoms with E-state index in [0.717, 1.165) is 0 Å². The lowest BCUT2D eigenvalue weighted by Gasteiger charge is -2.52. The van der Waals surface area contributed by atoms with Crippen LogP contribution in [0.3, 0.4) is 0 Å². The number of ether oxygens (including phenoxy) is 2. The average molecular weight is 278 g/mol. The van der Waals surface area contributed by atoms with Crippen molar-refractivity contribution in [2.24, 2.45) is 35.5 Å². The Morgan fingerprint density at radius 2 is 0.800 bits per heavy atom. The van der Waals surface area contributed by atoms with Crippen molar-refractivity contribution < 1.29 is 28.7 Å². The minimum atomic E-state index is -0.485. The summed E-state index contributed by atoms with van der Waals surface area (Å²) >= 11 is 0. The van der Waals surface area contributed by atoms with Crippen molar-refractivity contribution in [1.82, 2.24) is 0 Å². The van der Waals surface area contributed by atoms with Crippen molar-refractivity contribution in [2.75, 3.05) is 0 Å². The van der Waals surface area contributed by atoms with Gasteiger partial charge in [0.05, 0.1) is 23.7 Å². The number of rotatable bonds is 0. The maximum Gasteiger partial charge on any atom is 0.316 e. The van der Waals surface area contributed by atoms with Gasteiger partial charge in [0.25, 0.3) is 0 Å². The van der Waals surface area contributed by atoms with E-state index < -0.39 is 23.9 Å². The van der Waals surface area contributed by atoms with Crippen LogP contribution in [0.5, 0.6) is 0 Å². The van der Waals surface area contributed by atoms with E-state index in [1.807, 2.05) is 0 Å². The molecule has 2 aliphatic heterocycles. The largest absolute Gasteiger partial charge is 0.393 e. The highest BCUT2D eigenvalue weighted by Gasteiger charge is 2.62. The van der Waals surface area contributed by atoms with Gasteiger partial charge in [-0.15, -0.1) is 0 Å². The molecule has 4 fully saturated rings. The SMILES string of the molecule is O=C1OC(=O)C2CCC3C(=O)OC(=O)C4CCC1C2C43. The highest BCUT2D eigenvalue weighted by atomic mass is 16.6. The third kappa shape index (κ3) is 1.39. The van der Waals surface area contributed by atoms with Crippen molar-refractivity contribution in [3.05, 3.63) is 0 Å². The molecule has 106 valence electrons. The first kappa shape index (κ1) is 12.1. The number of cyclic esters (lactones) is 4. The van der Waals surface area contributed by atoms with Gasteiger partial charge < -0.3 is 9.47 Å². The van der Waals surface area contributed by atoms with E-state index in [0.29, 0.717) is 25.7 Å². The Morgan fingerprint density at radius 3 is 1.05 bits per heavy atom. The van der Waals surface area contributed by atoms with Crippen LogP contribution in [0.1, 0.15) is 25.7 Å². The second kappa shape index (κ2) is 3.90. The summed E-state index contributed by atoms with van der Waals surface area (Å²) in [4.78, 5) is 47.6. The molecule has 20 heavy (non-hydrogen) atoms. The maximum absolute atomic E-state index is 11.9. The van der Waals surface area contributed by atoms with Crippen molar-refractivity contribution in [1.29, 1.82) is 0 Å². The fraction of sp³-hybridized carbons (Fsp3) is 0.714. The molecule has 6 nitrogen and oxygen atoms in total. The number of hydrogen-bond acceptors (Lipinski definition) is 6. The second-order valence-corrected chi connectivity index (χ2v) is 6.22. The zero-order valence-corrected chi connectivity index (χ0v) is 10.7. The molecule has 0 bridgehead atoms. The summed E-state index contributed by atoms with van der Waals surface area (Å²) in [6, 6.07) is 0. The molecular formula is C14H14O6. The van der Waals surface area contributed by atoms with Gasteiger partial charge in [0.2, 0.25) is 0 Å². The summed E-state index contributed by atoms with van der Waals surface area (Å²) in [5.41, 5.74) is 0. The van der Waals surface area contributed by atoms with Gasteiger partial charge in [-0.3, -0.25) is 19.2 Å². The Labute approximate surface area is 114 Å². The summed E-state index contributed by atoms with van der Waals surface area (Å²) in [5, 5.41) is 0. The summed E-state index contributed by atoms with van der Waals surface area (Å²) < 4.78 is 9.68. The minimum absolute atomic E-state index is 0.224. The molecule has 2 heterocycles. The van der Waals surface area contributed by atoms with E-state index in [4.69, 9.17) is 9.47 Å². The molecule has 4 atom stereocenters. The lowest BCUT2D eigenvalue weighted by atomic mass is 9.52. The molecule has 6 heteroatoms. The predicted octanol–water partition coefficient (Wildman–Crippen LogP) is 0.438. The standard InChI is InChI=1S/C14H14O6/c15-11-5-1-2-6-10-8(14(18)20-12(6)16)4-3-7(9(5)10)13(17)19-11/h5-10H,1-4H2. The highest BCUT2D eigenvalue weighted by Crippen LogP contribution is 2.56. The third-order valence-electron chi connectivity index (χ3n) is 5.49. The molecule has 2 saturated carbocycles. The second-order valence-electron chi connectivity index (χ2n) is 6.22. The quantitative estimate of drug-likeness (QED) is 0.472. The molecule has 4 unspecified atom stereocenters. The topological polar surface area (TPSA) is 86.7 Å². The van der Waals surface area contributed by atoms with E-state index >= 15 is 0 Å². The van der Waals surface area contributed by atoms with Gasteiger partial charge in [-0.2, -0.15) is 0 Å². The van der Waals surface area contributed by atoms with Crippen molar-refractivity contribution in [2.45, 2.75) is 25.7 Å². The first-order valence-corrected chi connectivity index (χ1v) is 7.09. The van der Waals surface area contributed by atoms with E-state index in [-0.39, 0.29) is 35.5 Å². The molecule has 0 N–H and O–H groups in total. The van der Waals surface area contributed by atoms with Crippen LogP contribution < -0.4 is 0 Å². The zero-order valence-electron chi connectivity index (χ0n) is 10.7. The highest BCUT2D eigenvalue weighted by molar-refractivity contribution is 5.95. The first-order chi connectivity index (χ1) is 9.58. The van der Waals surface area contributed by atoms with Gasteiger partial charge in [-0.25, -0.2) is 0 Å². The fourth-order valence-electron chi connectivity index (χ4n) is 4.72. The monoisotopic (exact) mass is 278 g/mol. The van der Waals surface area contributed by atoms with E-state index in [2.05, 4.69) is 0 Å². The third-order valence-corrected chi connectivity index (χ3v) is 5.49. The average Bonchev–Trinajstić information content (AvgIpc) is 2.42. The van der Waals surface area contributed by atoms with Gasteiger partial charge in [-0.05, 0) is 37.5 Å². The molecule has 2 aliphatic carbocycles. The smallest absolute Gasteiger partial charge is 0.316 e. The Bertz CT molecular complexity index is 446. The molecule has 4 rings (SSSR count). The van der Waals surface area contributed by atoms with Crippen LogP contribution in [0.25, 0.3) is 0 Å². The van der Waals surface area contributed by atoms with E-state index in [9.17, 15) is 19.2 Å².